The molecule has 2 saturated carbocycles. The average Bonchev–Trinajstić information content (AvgIpc) is 3.31. The monoisotopic (exact) mass is 276 g/mol. The molecule has 2 aliphatic carbocycles. The predicted octanol–water partition coefficient (Wildman–Crippen LogP) is 3.35. The Bertz CT molecular complexity index is 437. The first-order chi connectivity index (χ1) is 9.65. The summed E-state index contributed by atoms with van der Waals surface area (Å²) in [5, 5.41) is 3.72. The van der Waals surface area contributed by atoms with Crippen molar-refractivity contribution in [2.45, 2.75) is 50.7 Å². The maximum atomic E-state index is 13.1. The number of benzene rings is 1. The van der Waals surface area contributed by atoms with Crippen LogP contribution in [0.25, 0.3) is 0 Å². The zero-order valence-corrected chi connectivity index (χ0v) is 12.5. The van der Waals surface area contributed by atoms with Crippen LogP contribution in [0.5, 0.6) is 0 Å². The molecule has 0 radical (unpaired) electrons. The van der Waals surface area contributed by atoms with E-state index in [2.05, 4.69) is 24.2 Å². The van der Waals surface area contributed by atoms with Crippen molar-refractivity contribution in [3.05, 3.63) is 35.6 Å². The molecule has 0 heterocycles. The summed E-state index contributed by atoms with van der Waals surface area (Å²) in [6.45, 7) is 3.30. The minimum absolute atomic E-state index is 0.148. The number of halogens is 1. The molecule has 3 heteroatoms. The second kappa shape index (κ2) is 5.82. The van der Waals surface area contributed by atoms with Gasteiger partial charge in [-0.3, -0.25) is 4.90 Å². The van der Waals surface area contributed by atoms with E-state index in [1.807, 2.05) is 12.1 Å². The average molecular weight is 276 g/mol. The highest BCUT2D eigenvalue weighted by molar-refractivity contribution is 5.22. The molecule has 0 bridgehead atoms. The van der Waals surface area contributed by atoms with E-state index in [9.17, 15) is 4.39 Å². The highest BCUT2D eigenvalue weighted by atomic mass is 19.1. The molecule has 2 aliphatic rings. The van der Waals surface area contributed by atoms with Crippen LogP contribution < -0.4 is 5.32 Å². The van der Waals surface area contributed by atoms with Gasteiger partial charge < -0.3 is 5.32 Å². The maximum absolute atomic E-state index is 13.1. The normalized spacial score (nSPS) is 22.0. The van der Waals surface area contributed by atoms with Gasteiger partial charge in [-0.05, 0) is 63.3 Å². The second-order valence-corrected chi connectivity index (χ2v) is 6.52. The van der Waals surface area contributed by atoms with Crippen molar-refractivity contribution in [3.63, 3.8) is 0 Å². The molecular formula is C17H25FN2. The van der Waals surface area contributed by atoms with Crippen molar-refractivity contribution in [1.29, 1.82) is 0 Å². The Hall–Kier alpha value is -0.930. The van der Waals surface area contributed by atoms with E-state index >= 15 is 0 Å². The topological polar surface area (TPSA) is 15.3 Å². The van der Waals surface area contributed by atoms with Crippen molar-refractivity contribution in [3.8, 4) is 0 Å². The van der Waals surface area contributed by atoms with Gasteiger partial charge in [0.2, 0.25) is 0 Å². The Labute approximate surface area is 121 Å². The zero-order valence-electron chi connectivity index (χ0n) is 12.5. The Morgan fingerprint density at radius 2 is 1.85 bits per heavy atom. The Morgan fingerprint density at radius 1 is 1.20 bits per heavy atom. The van der Waals surface area contributed by atoms with Gasteiger partial charge in [0, 0.05) is 24.7 Å². The molecule has 2 atom stereocenters. The molecule has 1 N–H and O–H groups in total. The standard InChI is InChI=1S/C17H25FN2/c1-12(20(2)16-9-10-16)11-19-17(13-3-4-13)14-5-7-15(18)8-6-14/h5-8,12-13,16-17,19H,3-4,9-11H2,1-2H3. The highest BCUT2D eigenvalue weighted by Gasteiger charge is 2.33. The van der Waals surface area contributed by atoms with Crippen LogP contribution in [0.1, 0.15) is 44.2 Å². The van der Waals surface area contributed by atoms with Crippen LogP contribution in [0.4, 0.5) is 4.39 Å². The Balaban J connectivity index is 1.58. The molecule has 0 aliphatic heterocycles. The fourth-order valence-corrected chi connectivity index (χ4v) is 2.94. The molecule has 2 fully saturated rings. The molecule has 0 aromatic heterocycles. The number of rotatable bonds is 7. The first-order valence-corrected chi connectivity index (χ1v) is 7.86. The highest BCUT2D eigenvalue weighted by Crippen LogP contribution is 2.41. The van der Waals surface area contributed by atoms with Crippen molar-refractivity contribution in [2.24, 2.45) is 5.92 Å². The van der Waals surface area contributed by atoms with Crippen LogP contribution in [-0.2, 0) is 0 Å². The molecule has 110 valence electrons. The number of likely N-dealkylation sites (N-methyl/N-ethyl adjacent to an activating group) is 1. The first-order valence-electron chi connectivity index (χ1n) is 7.86. The smallest absolute Gasteiger partial charge is 0.123 e. The van der Waals surface area contributed by atoms with Crippen LogP contribution in [0.2, 0.25) is 0 Å². The fraction of sp³-hybridized carbons (Fsp3) is 0.647. The van der Waals surface area contributed by atoms with E-state index in [-0.39, 0.29) is 5.82 Å². The third-order valence-corrected chi connectivity index (χ3v) is 4.77. The summed E-state index contributed by atoms with van der Waals surface area (Å²) in [4.78, 5) is 2.49. The molecule has 1 aromatic carbocycles. The van der Waals surface area contributed by atoms with Crippen LogP contribution in [0, 0.1) is 11.7 Å². The van der Waals surface area contributed by atoms with E-state index in [0.717, 1.165) is 18.5 Å². The molecule has 2 nitrogen and oxygen atoms in total. The minimum Gasteiger partial charge on any atom is -0.308 e. The van der Waals surface area contributed by atoms with Gasteiger partial charge in [-0.2, -0.15) is 0 Å². The molecule has 2 unspecified atom stereocenters. The van der Waals surface area contributed by atoms with Crippen LogP contribution in [0.15, 0.2) is 24.3 Å². The Morgan fingerprint density at radius 3 is 2.40 bits per heavy atom. The molecule has 3 rings (SSSR count). The first kappa shape index (κ1) is 14.0. The largest absolute Gasteiger partial charge is 0.308 e. The Kier molecular flexibility index (Phi) is 4.08. The summed E-state index contributed by atoms with van der Waals surface area (Å²) in [5.74, 6) is 0.587. The van der Waals surface area contributed by atoms with Gasteiger partial charge in [-0.1, -0.05) is 12.1 Å². The molecule has 20 heavy (non-hydrogen) atoms. The van der Waals surface area contributed by atoms with E-state index in [0.29, 0.717) is 12.1 Å². The lowest BCUT2D eigenvalue weighted by Gasteiger charge is -2.27. The predicted molar refractivity (Wildman–Crippen MR) is 80.1 cm³/mol. The van der Waals surface area contributed by atoms with Gasteiger partial charge in [0.25, 0.3) is 0 Å². The third kappa shape index (κ3) is 3.39. The van der Waals surface area contributed by atoms with Crippen molar-refractivity contribution < 1.29 is 4.39 Å². The molecule has 1 aromatic rings. The number of nitrogens with one attached hydrogen (secondary N) is 1. The summed E-state index contributed by atoms with van der Waals surface area (Å²) in [5.41, 5.74) is 1.23. The summed E-state index contributed by atoms with van der Waals surface area (Å²) >= 11 is 0. The molecule has 0 spiro atoms. The van der Waals surface area contributed by atoms with Crippen LogP contribution in [0.3, 0.4) is 0 Å². The quantitative estimate of drug-likeness (QED) is 0.821. The van der Waals surface area contributed by atoms with Gasteiger partial charge in [-0.25, -0.2) is 4.39 Å². The van der Waals surface area contributed by atoms with E-state index in [1.54, 1.807) is 12.1 Å². The number of hydrogen-bond donors (Lipinski definition) is 1. The molecule has 0 amide bonds. The maximum Gasteiger partial charge on any atom is 0.123 e. The lowest BCUT2D eigenvalue weighted by Crippen LogP contribution is -2.40. The zero-order chi connectivity index (χ0) is 14.1. The van der Waals surface area contributed by atoms with E-state index in [4.69, 9.17) is 0 Å². The number of hydrogen-bond acceptors (Lipinski definition) is 2. The van der Waals surface area contributed by atoms with E-state index in [1.165, 1.54) is 31.2 Å². The van der Waals surface area contributed by atoms with E-state index < -0.39 is 0 Å². The summed E-state index contributed by atoms with van der Waals surface area (Å²) in [6, 6.07) is 8.77. The van der Waals surface area contributed by atoms with Gasteiger partial charge in [0.05, 0.1) is 0 Å². The second-order valence-electron chi connectivity index (χ2n) is 6.52. The SMILES string of the molecule is CC(CNC(c1ccc(F)cc1)C1CC1)N(C)C1CC1. The van der Waals surface area contributed by atoms with Crippen LogP contribution >= 0.6 is 0 Å². The van der Waals surface area contributed by atoms with Gasteiger partial charge in [0.1, 0.15) is 5.82 Å². The van der Waals surface area contributed by atoms with Crippen LogP contribution in [-0.4, -0.2) is 30.6 Å². The third-order valence-electron chi connectivity index (χ3n) is 4.77. The molecular weight excluding hydrogens is 251 g/mol. The van der Waals surface area contributed by atoms with Gasteiger partial charge in [-0.15, -0.1) is 0 Å². The number of nitrogens with zero attached hydrogens (tertiary/aromatic N) is 1. The van der Waals surface area contributed by atoms with Gasteiger partial charge in [0.15, 0.2) is 0 Å². The van der Waals surface area contributed by atoms with Crippen molar-refractivity contribution in [1.82, 2.24) is 10.2 Å². The van der Waals surface area contributed by atoms with Gasteiger partial charge >= 0.3 is 0 Å². The minimum atomic E-state index is -0.148. The lowest BCUT2D eigenvalue weighted by molar-refractivity contribution is 0.233. The summed E-state index contributed by atoms with van der Waals surface area (Å²) in [6.07, 6.45) is 5.29. The van der Waals surface area contributed by atoms with Crippen molar-refractivity contribution in [2.75, 3.05) is 13.6 Å². The van der Waals surface area contributed by atoms with Crippen molar-refractivity contribution >= 4 is 0 Å². The summed E-state index contributed by atoms with van der Waals surface area (Å²) < 4.78 is 13.1. The summed E-state index contributed by atoms with van der Waals surface area (Å²) in [7, 11) is 2.23. The molecule has 0 saturated heterocycles. The fourth-order valence-electron chi connectivity index (χ4n) is 2.94. The lowest BCUT2D eigenvalue weighted by atomic mass is 10.0.